The SMILES string of the molecule is CCCCCCCCCCCCCCCCCCNCC(CO)OS(=O)(=O)[O-].[Na+]. The third-order valence-electron chi connectivity index (χ3n) is 5.04. The van der Waals surface area contributed by atoms with Crippen LogP contribution in [0, 0.1) is 0 Å². The molecule has 0 aliphatic rings. The minimum Gasteiger partial charge on any atom is -0.726 e. The van der Waals surface area contributed by atoms with E-state index in [0.29, 0.717) is 0 Å². The van der Waals surface area contributed by atoms with E-state index in [1.807, 2.05) is 0 Å². The molecule has 0 amide bonds. The Hall–Kier alpha value is 0.790. The molecule has 29 heavy (non-hydrogen) atoms. The number of unbranched alkanes of at least 4 members (excludes halogenated alkanes) is 15. The summed E-state index contributed by atoms with van der Waals surface area (Å²) in [5, 5.41) is 12.0. The van der Waals surface area contributed by atoms with Crippen LogP contribution in [0.2, 0.25) is 0 Å². The van der Waals surface area contributed by atoms with E-state index in [0.717, 1.165) is 19.4 Å². The van der Waals surface area contributed by atoms with E-state index in [9.17, 15) is 13.0 Å². The maximum Gasteiger partial charge on any atom is 1.00 e. The number of aliphatic hydroxyl groups is 1. The first-order chi connectivity index (χ1) is 13.5. The summed E-state index contributed by atoms with van der Waals surface area (Å²) < 4.78 is 35.7. The van der Waals surface area contributed by atoms with Gasteiger partial charge in [0, 0.05) is 6.54 Å². The van der Waals surface area contributed by atoms with Crippen molar-refractivity contribution in [3.8, 4) is 0 Å². The second-order valence-corrected chi connectivity index (χ2v) is 8.83. The van der Waals surface area contributed by atoms with Gasteiger partial charge in [0.25, 0.3) is 0 Å². The Morgan fingerprint density at radius 3 is 1.52 bits per heavy atom. The molecule has 170 valence electrons. The number of rotatable bonds is 22. The van der Waals surface area contributed by atoms with Gasteiger partial charge in [-0.3, -0.25) is 4.18 Å². The van der Waals surface area contributed by atoms with Gasteiger partial charge in [-0.05, 0) is 13.0 Å². The van der Waals surface area contributed by atoms with Crippen LogP contribution in [0.3, 0.4) is 0 Å². The van der Waals surface area contributed by atoms with Gasteiger partial charge in [-0.25, -0.2) is 8.42 Å². The van der Waals surface area contributed by atoms with Crippen LogP contribution in [0.5, 0.6) is 0 Å². The number of hydrogen-bond donors (Lipinski definition) is 2. The third kappa shape index (κ3) is 26.8. The average Bonchev–Trinajstić information content (AvgIpc) is 2.65. The van der Waals surface area contributed by atoms with E-state index in [2.05, 4.69) is 16.4 Å². The van der Waals surface area contributed by atoms with Crippen LogP contribution in [0.25, 0.3) is 0 Å². The fraction of sp³-hybridized carbons (Fsp3) is 1.00. The second kappa shape index (κ2) is 23.5. The Balaban J connectivity index is 0. The van der Waals surface area contributed by atoms with Crippen LogP contribution in [0.4, 0.5) is 0 Å². The summed E-state index contributed by atoms with van der Waals surface area (Å²) in [6.45, 7) is 2.67. The normalized spacial score (nSPS) is 12.7. The molecule has 0 aromatic rings. The van der Waals surface area contributed by atoms with E-state index in [4.69, 9.17) is 5.11 Å². The first-order valence-electron chi connectivity index (χ1n) is 11.4. The minimum atomic E-state index is -4.76. The number of aliphatic hydroxyl groups excluding tert-OH is 1. The van der Waals surface area contributed by atoms with Gasteiger partial charge in [0.05, 0.1) is 6.61 Å². The minimum absolute atomic E-state index is 0. The summed E-state index contributed by atoms with van der Waals surface area (Å²) in [5.74, 6) is 0. The molecule has 0 fully saturated rings. The van der Waals surface area contributed by atoms with Crippen LogP contribution in [-0.4, -0.2) is 43.9 Å². The van der Waals surface area contributed by atoms with E-state index in [1.54, 1.807) is 0 Å². The standard InChI is InChI=1S/C21H45NO5S.Na/c1-2-3-4-5-6-7-8-9-10-11-12-13-14-15-16-17-18-22-19-21(20-23)27-28(24,25)26;/h21-23H,2-20H2,1H3,(H,24,25,26);/q;+1/p-1. The molecular weight excluding hydrogens is 401 g/mol. The molecule has 0 aromatic carbocycles. The zero-order chi connectivity index (χ0) is 20.9. The molecule has 0 bridgehead atoms. The van der Waals surface area contributed by atoms with Crippen LogP contribution in [-0.2, 0) is 14.6 Å². The molecular formula is C21H44NNaO5S. The summed E-state index contributed by atoms with van der Waals surface area (Å²) in [6, 6.07) is 0. The Morgan fingerprint density at radius 1 is 0.793 bits per heavy atom. The van der Waals surface area contributed by atoms with Crippen LogP contribution < -0.4 is 34.9 Å². The molecule has 0 saturated heterocycles. The fourth-order valence-electron chi connectivity index (χ4n) is 3.36. The Kier molecular flexibility index (Phi) is 25.9. The van der Waals surface area contributed by atoms with Crippen molar-refractivity contribution in [2.75, 3.05) is 19.7 Å². The second-order valence-electron chi connectivity index (χ2n) is 7.82. The molecule has 0 saturated carbocycles. The molecule has 0 rings (SSSR count). The average molecular weight is 446 g/mol. The van der Waals surface area contributed by atoms with Crippen molar-refractivity contribution < 1.29 is 51.8 Å². The molecule has 8 heteroatoms. The molecule has 0 heterocycles. The van der Waals surface area contributed by atoms with Gasteiger partial charge in [0.1, 0.15) is 6.10 Å². The molecule has 1 unspecified atom stereocenters. The molecule has 6 nitrogen and oxygen atoms in total. The van der Waals surface area contributed by atoms with Crippen molar-refractivity contribution >= 4 is 10.4 Å². The van der Waals surface area contributed by atoms with Gasteiger partial charge < -0.3 is 15.0 Å². The maximum atomic E-state index is 10.5. The van der Waals surface area contributed by atoms with Crippen molar-refractivity contribution in [3.05, 3.63) is 0 Å². The first kappa shape index (κ1) is 32.0. The molecule has 2 N–H and O–H groups in total. The van der Waals surface area contributed by atoms with Gasteiger partial charge in [-0.15, -0.1) is 0 Å². The molecule has 0 aliphatic carbocycles. The van der Waals surface area contributed by atoms with Crippen molar-refractivity contribution in [2.45, 2.75) is 116 Å². The Labute approximate surface area is 202 Å². The Bertz CT molecular complexity index is 423. The van der Waals surface area contributed by atoms with Gasteiger partial charge in [-0.1, -0.05) is 103 Å². The zero-order valence-electron chi connectivity index (χ0n) is 19.0. The molecule has 1 atom stereocenters. The summed E-state index contributed by atoms with van der Waals surface area (Å²) in [5.41, 5.74) is 0. The summed E-state index contributed by atoms with van der Waals surface area (Å²) in [6.07, 6.45) is 20.2. The van der Waals surface area contributed by atoms with E-state index < -0.39 is 23.1 Å². The molecule has 0 aliphatic heterocycles. The topological polar surface area (TPSA) is 98.7 Å². The monoisotopic (exact) mass is 445 g/mol. The van der Waals surface area contributed by atoms with Gasteiger partial charge in [0.15, 0.2) is 0 Å². The van der Waals surface area contributed by atoms with Crippen LogP contribution in [0.15, 0.2) is 0 Å². The van der Waals surface area contributed by atoms with Crippen molar-refractivity contribution in [3.63, 3.8) is 0 Å². The summed E-state index contributed by atoms with van der Waals surface area (Å²) in [7, 11) is -4.76. The molecule has 0 spiro atoms. The predicted octanol–water partition coefficient (Wildman–Crippen LogP) is 1.68. The molecule has 0 radical (unpaired) electrons. The maximum absolute atomic E-state index is 10.5. The van der Waals surface area contributed by atoms with Crippen molar-refractivity contribution in [2.24, 2.45) is 0 Å². The van der Waals surface area contributed by atoms with Crippen molar-refractivity contribution in [1.29, 1.82) is 0 Å². The largest absolute Gasteiger partial charge is 1.00 e. The van der Waals surface area contributed by atoms with E-state index >= 15 is 0 Å². The van der Waals surface area contributed by atoms with Crippen molar-refractivity contribution in [1.82, 2.24) is 5.32 Å². The van der Waals surface area contributed by atoms with Gasteiger partial charge in [0.2, 0.25) is 10.4 Å². The van der Waals surface area contributed by atoms with Gasteiger partial charge >= 0.3 is 29.6 Å². The smallest absolute Gasteiger partial charge is 0.726 e. The summed E-state index contributed by atoms with van der Waals surface area (Å²) >= 11 is 0. The zero-order valence-corrected chi connectivity index (χ0v) is 21.8. The third-order valence-corrected chi connectivity index (χ3v) is 5.54. The predicted molar refractivity (Wildman–Crippen MR) is 114 cm³/mol. The quantitative estimate of drug-likeness (QED) is 0.114. The van der Waals surface area contributed by atoms with Crippen LogP contribution in [0.1, 0.15) is 110 Å². The molecule has 0 aromatic heterocycles. The first-order valence-corrected chi connectivity index (χ1v) is 12.8. The fourth-order valence-corrected chi connectivity index (χ4v) is 3.82. The Morgan fingerprint density at radius 2 is 1.17 bits per heavy atom. The van der Waals surface area contributed by atoms with Crippen LogP contribution >= 0.6 is 0 Å². The number of nitrogens with one attached hydrogen (secondary N) is 1. The summed E-state index contributed by atoms with van der Waals surface area (Å²) in [4.78, 5) is 0. The van der Waals surface area contributed by atoms with E-state index in [1.165, 1.54) is 89.9 Å². The number of hydrogen-bond acceptors (Lipinski definition) is 6. The van der Waals surface area contributed by atoms with Gasteiger partial charge in [-0.2, -0.15) is 0 Å². The van der Waals surface area contributed by atoms with E-state index in [-0.39, 0.29) is 36.1 Å².